The summed E-state index contributed by atoms with van der Waals surface area (Å²) in [7, 11) is -3.11. The van der Waals surface area contributed by atoms with Crippen molar-refractivity contribution < 1.29 is 8.42 Å². The minimum absolute atomic E-state index is 0.147. The number of hydrogen-bond acceptors (Lipinski definition) is 4. The van der Waals surface area contributed by atoms with Gasteiger partial charge in [0, 0.05) is 12.6 Å². The fourth-order valence-electron chi connectivity index (χ4n) is 4.01. The summed E-state index contributed by atoms with van der Waals surface area (Å²) >= 11 is 0. The molecule has 0 radical (unpaired) electrons. The Bertz CT molecular complexity index is 786. The second-order valence-electron chi connectivity index (χ2n) is 7.53. The molecule has 4 nitrogen and oxygen atoms in total. The van der Waals surface area contributed by atoms with Crippen molar-refractivity contribution in [1.82, 2.24) is 4.90 Å². The number of allylic oxidation sites excluding steroid dienone is 2. The predicted molar refractivity (Wildman–Crippen MR) is 107 cm³/mol. The number of rotatable bonds is 5. The van der Waals surface area contributed by atoms with Crippen LogP contribution in [0.2, 0.25) is 0 Å². The van der Waals surface area contributed by atoms with Crippen LogP contribution in [0, 0.1) is 5.92 Å². The number of benzene rings is 1. The molecule has 0 spiro atoms. The Balaban J connectivity index is 1.57. The highest BCUT2D eigenvalue weighted by atomic mass is 32.2. The molecule has 1 fully saturated rings. The number of piperidine rings is 1. The van der Waals surface area contributed by atoms with Crippen LogP contribution >= 0.6 is 0 Å². The van der Waals surface area contributed by atoms with Gasteiger partial charge in [-0.1, -0.05) is 42.4 Å². The Morgan fingerprint density at radius 1 is 1.15 bits per heavy atom. The van der Waals surface area contributed by atoms with E-state index in [1.807, 2.05) is 12.1 Å². The van der Waals surface area contributed by atoms with Crippen molar-refractivity contribution in [3.8, 4) is 0 Å². The summed E-state index contributed by atoms with van der Waals surface area (Å²) in [6.07, 6.45) is 7.64. The summed E-state index contributed by atoms with van der Waals surface area (Å²) in [5, 5.41) is 0. The van der Waals surface area contributed by atoms with Crippen LogP contribution in [-0.2, 0) is 16.4 Å². The first-order chi connectivity index (χ1) is 12.4. The van der Waals surface area contributed by atoms with Crippen molar-refractivity contribution in [3.05, 3.63) is 53.1 Å². The first-order valence-corrected chi connectivity index (χ1v) is 11.2. The molecular formula is C21H30N2O2S. The summed E-state index contributed by atoms with van der Waals surface area (Å²) in [4.78, 5) is 2.89. The van der Waals surface area contributed by atoms with Crippen LogP contribution < -0.4 is 5.73 Å². The van der Waals surface area contributed by atoms with Crippen LogP contribution in [0.5, 0.6) is 0 Å². The lowest BCUT2D eigenvalue weighted by molar-refractivity contribution is 0.189. The van der Waals surface area contributed by atoms with Crippen LogP contribution in [0.4, 0.5) is 0 Å². The Hall–Kier alpha value is -1.43. The molecule has 1 aliphatic heterocycles. The standard InChI is InChI=1S/C21H30N2O2S/c1-3-26(24,25)20-8-5-17(6-9-20)15-23-12-10-18(11-13-23)21-14-19(22)7-4-16(21)2/h4-9,18-19H,3,10-15,22H2,1-2H3. The second kappa shape index (κ2) is 8.07. The fraction of sp³-hybridized carbons (Fsp3) is 0.524. The van der Waals surface area contributed by atoms with Crippen molar-refractivity contribution in [3.63, 3.8) is 0 Å². The van der Waals surface area contributed by atoms with Gasteiger partial charge in [0.15, 0.2) is 9.84 Å². The van der Waals surface area contributed by atoms with Crippen LogP contribution in [0.1, 0.15) is 38.7 Å². The molecule has 1 saturated heterocycles. The molecule has 0 bridgehead atoms. The van der Waals surface area contributed by atoms with Gasteiger partial charge in [0.05, 0.1) is 10.6 Å². The Kier molecular flexibility index (Phi) is 6.00. The van der Waals surface area contributed by atoms with E-state index in [2.05, 4.69) is 24.0 Å². The van der Waals surface area contributed by atoms with Crippen LogP contribution in [-0.4, -0.2) is 38.2 Å². The molecule has 0 aromatic heterocycles. The SMILES string of the molecule is CCS(=O)(=O)c1ccc(CN2CCC(C3=C(C)C=CC(N)C3)CC2)cc1. The lowest BCUT2D eigenvalue weighted by Gasteiger charge is -2.35. The highest BCUT2D eigenvalue weighted by Gasteiger charge is 2.25. The number of nitrogens with two attached hydrogens (primary N) is 1. The second-order valence-corrected chi connectivity index (χ2v) is 9.81. The first kappa shape index (κ1) is 19.3. The van der Waals surface area contributed by atoms with Gasteiger partial charge < -0.3 is 5.73 Å². The quantitative estimate of drug-likeness (QED) is 0.859. The third-order valence-corrected chi connectivity index (χ3v) is 7.46. The molecule has 1 atom stereocenters. The van der Waals surface area contributed by atoms with Crippen molar-refractivity contribution in [1.29, 1.82) is 0 Å². The normalized spacial score (nSPS) is 22.8. The van der Waals surface area contributed by atoms with E-state index in [1.54, 1.807) is 24.6 Å². The van der Waals surface area contributed by atoms with Gasteiger partial charge >= 0.3 is 0 Å². The van der Waals surface area contributed by atoms with E-state index in [4.69, 9.17) is 5.73 Å². The smallest absolute Gasteiger partial charge is 0.178 e. The minimum Gasteiger partial charge on any atom is -0.324 e. The average molecular weight is 375 g/mol. The number of likely N-dealkylation sites (tertiary alicyclic amines) is 1. The molecular weight excluding hydrogens is 344 g/mol. The van der Waals surface area contributed by atoms with Crippen molar-refractivity contribution >= 4 is 9.84 Å². The minimum atomic E-state index is -3.11. The zero-order valence-electron chi connectivity index (χ0n) is 15.8. The molecule has 1 aliphatic carbocycles. The average Bonchev–Trinajstić information content (AvgIpc) is 2.65. The van der Waals surface area contributed by atoms with E-state index >= 15 is 0 Å². The lowest BCUT2D eigenvalue weighted by Crippen LogP contribution is -2.35. The zero-order valence-corrected chi connectivity index (χ0v) is 16.6. The molecule has 0 saturated carbocycles. The Morgan fingerprint density at radius 3 is 2.42 bits per heavy atom. The van der Waals surface area contributed by atoms with E-state index in [-0.39, 0.29) is 11.8 Å². The summed E-state index contributed by atoms with van der Waals surface area (Å²) in [5.41, 5.74) is 10.2. The van der Waals surface area contributed by atoms with Gasteiger partial charge in [-0.15, -0.1) is 0 Å². The number of nitrogens with zero attached hydrogens (tertiary/aromatic N) is 1. The van der Waals surface area contributed by atoms with Crippen molar-refractivity contribution in [2.45, 2.75) is 50.6 Å². The third-order valence-electron chi connectivity index (χ3n) is 5.70. The van der Waals surface area contributed by atoms with Gasteiger partial charge in [0.2, 0.25) is 0 Å². The molecule has 1 heterocycles. The monoisotopic (exact) mass is 374 g/mol. The van der Waals surface area contributed by atoms with Gasteiger partial charge in [-0.2, -0.15) is 0 Å². The highest BCUT2D eigenvalue weighted by Crippen LogP contribution is 2.32. The van der Waals surface area contributed by atoms with Crippen LogP contribution in [0.25, 0.3) is 0 Å². The van der Waals surface area contributed by atoms with Gasteiger partial charge in [-0.25, -0.2) is 8.42 Å². The Morgan fingerprint density at radius 2 is 1.81 bits per heavy atom. The van der Waals surface area contributed by atoms with Gasteiger partial charge in [0.25, 0.3) is 0 Å². The van der Waals surface area contributed by atoms with Crippen molar-refractivity contribution in [2.24, 2.45) is 11.7 Å². The maximum absolute atomic E-state index is 11.9. The summed E-state index contributed by atoms with van der Waals surface area (Å²) in [5.74, 6) is 0.799. The zero-order chi connectivity index (χ0) is 18.7. The highest BCUT2D eigenvalue weighted by molar-refractivity contribution is 7.91. The van der Waals surface area contributed by atoms with Crippen LogP contribution in [0.15, 0.2) is 52.5 Å². The number of hydrogen-bond donors (Lipinski definition) is 1. The molecule has 2 N–H and O–H groups in total. The maximum Gasteiger partial charge on any atom is 0.178 e. The van der Waals surface area contributed by atoms with E-state index in [0.29, 0.717) is 10.8 Å². The van der Waals surface area contributed by atoms with E-state index in [9.17, 15) is 8.42 Å². The van der Waals surface area contributed by atoms with Crippen LogP contribution in [0.3, 0.4) is 0 Å². The predicted octanol–water partition coefficient (Wildman–Crippen LogP) is 3.30. The summed E-state index contributed by atoms with van der Waals surface area (Å²) in [6, 6.07) is 7.55. The summed E-state index contributed by atoms with van der Waals surface area (Å²) in [6.45, 7) is 6.93. The fourth-order valence-corrected chi connectivity index (χ4v) is 4.90. The van der Waals surface area contributed by atoms with E-state index < -0.39 is 9.84 Å². The van der Waals surface area contributed by atoms with Crippen molar-refractivity contribution in [2.75, 3.05) is 18.8 Å². The molecule has 1 unspecified atom stereocenters. The molecule has 5 heteroatoms. The lowest BCUT2D eigenvalue weighted by atomic mass is 9.81. The largest absolute Gasteiger partial charge is 0.324 e. The molecule has 2 aliphatic rings. The molecule has 3 rings (SSSR count). The van der Waals surface area contributed by atoms with E-state index in [1.165, 1.54) is 24.0 Å². The topological polar surface area (TPSA) is 63.4 Å². The Labute approximate surface area is 157 Å². The van der Waals surface area contributed by atoms with Gasteiger partial charge in [0.1, 0.15) is 0 Å². The van der Waals surface area contributed by atoms with Gasteiger partial charge in [-0.05, 0) is 62.9 Å². The maximum atomic E-state index is 11.9. The first-order valence-electron chi connectivity index (χ1n) is 9.56. The molecule has 142 valence electrons. The number of sulfone groups is 1. The molecule has 1 aromatic rings. The molecule has 1 aromatic carbocycles. The molecule has 0 amide bonds. The summed E-state index contributed by atoms with van der Waals surface area (Å²) < 4.78 is 23.8. The molecule has 26 heavy (non-hydrogen) atoms. The van der Waals surface area contributed by atoms with Gasteiger partial charge in [-0.3, -0.25) is 4.90 Å². The third kappa shape index (κ3) is 4.45. The van der Waals surface area contributed by atoms with E-state index in [0.717, 1.165) is 26.1 Å².